The summed E-state index contributed by atoms with van der Waals surface area (Å²) in [5, 5.41) is 8.94. The number of imidazole rings is 1. The predicted octanol–water partition coefficient (Wildman–Crippen LogP) is 3.26. The van der Waals surface area contributed by atoms with Crippen LogP contribution in [0.4, 0.5) is 4.79 Å². The van der Waals surface area contributed by atoms with Crippen LogP contribution in [0, 0.1) is 11.3 Å². The normalized spacial score (nSPS) is 14.2. The maximum absolute atomic E-state index is 12.3. The fourth-order valence-electron chi connectivity index (χ4n) is 3.63. The molecule has 7 heteroatoms. The molecule has 1 fully saturated rings. The molecular formula is C24H25N5O2. The predicted molar refractivity (Wildman–Crippen MR) is 116 cm³/mol. The van der Waals surface area contributed by atoms with Gasteiger partial charge in [-0.3, -0.25) is 4.90 Å². The van der Waals surface area contributed by atoms with Gasteiger partial charge in [-0.2, -0.15) is 5.26 Å². The molecule has 0 saturated carbocycles. The van der Waals surface area contributed by atoms with Gasteiger partial charge in [0.1, 0.15) is 6.61 Å². The highest BCUT2D eigenvalue weighted by molar-refractivity contribution is 5.67. The Hall–Kier alpha value is -3.63. The zero-order chi connectivity index (χ0) is 21.5. The van der Waals surface area contributed by atoms with Crippen molar-refractivity contribution in [3.8, 4) is 6.07 Å². The lowest BCUT2D eigenvalue weighted by atomic mass is 10.1. The summed E-state index contributed by atoms with van der Waals surface area (Å²) in [7, 11) is 0. The van der Waals surface area contributed by atoms with Gasteiger partial charge < -0.3 is 14.2 Å². The number of nitrogens with zero attached hydrogens (tertiary/aromatic N) is 5. The molecule has 0 atom stereocenters. The summed E-state index contributed by atoms with van der Waals surface area (Å²) in [6.45, 7) is 4.68. The third-order valence-corrected chi connectivity index (χ3v) is 5.46. The molecule has 1 aromatic heterocycles. The van der Waals surface area contributed by atoms with Crippen LogP contribution in [0.3, 0.4) is 0 Å². The minimum absolute atomic E-state index is 0.255. The van der Waals surface area contributed by atoms with Gasteiger partial charge >= 0.3 is 6.09 Å². The molecule has 0 aliphatic carbocycles. The van der Waals surface area contributed by atoms with Gasteiger partial charge in [0.25, 0.3) is 0 Å². The van der Waals surface area contributed by atoms with Crippen molar-refractivity contribution < 1.29 is 9.53 Å². The van der Waals surface area contributed by atoms with Crippen LogP contribution in [-0.2, 0) is 24.4 Å². The highest BCUT2D eigenvalue weighted by Crippen LogP contribution is 2.13. The second-order valence-corrected chi connectivity index (χ2v) is 7.62. The van der Waals surface area contributed by atoms with E-state index in [1.54, 1.807) is 4.90 Å². The highest BCUT2D eigenvalue weighted by atomic mass is 16.6. The standard InChI is InChI=1S/C24H25N5O2/c25-14-20-6-8-21(9-7-20)16-29-19-26-15-23(29)17-27-10-12-28(13-11-27)24(30)31-18-22-4-2-1-3-5-22/h1-9,15,19H,10-13,16-18H2. The van der Waals surface area contributed by atoms with E-state index in [-0.39, 0.29) is 6.09 Å². The van der Waals surface area contributed by atoms with Gasteiger partial charge in [0.2, 0.25) is 0 Å². The van der Waals surface area contributed by atoms with Crippen LogP contribution in [0.1, 0.15) is 22.4 Å². The molecule has 3 aromatic rings. The van der Waals surface area contributed by atoms with E-state index in [0.29, 0.717) is 31.8 Å². The first-order valence-electron chi connectivity index (χ1n) is 10.4. The first-order chi connectivity index (χ1) is 15.2. The van der Waals surface area contributed by atoms with E-state index in [9.17, 15) is 4.79 Å². The molecule has 158 valence electrons. The number of benzene rings is 2. The number of carbonyl (C=O) groups excluding carboxylic acids is 1. The lowest BCUT2D eigenvalue weighted by Gasteiger charge is -2.34. The van der Waals surface area contributed by atoms with E-state index in [4.69, 9.17) is 10.00 Å². The smallest absolute Gasteiger partial charge is 0.410 e. The molecule has 1 aliphatic heterocycles. The van der Waals surface area contributed by atoms with Crippen molar-refractivity contribution in [3.05, 3.63) is 89.5 Å². The minimum atomic E-state index is -0.255. The molecule has 0 unspecified atom stereocenters. The maximum Gasteiger partial charge on any atom is 0.410 e. The largest absolute Gasteiger partial charge is 0.445 e. The Morgan fingerprint density at radius 2 is 1.71 bits per heavy atom. The Kier molecular flexibility index (Phi) is 6.60. The van der Waals surface area contributed by atoms with Crippen molar-refractivity contribution in [2.45, 2.75) is 19.7 Å². The van der Waals surface area contributed by atoms with E-state index >= 15 is 0 Å². The summed E-state index contributed by atoms with van der Waals surface area (Å²) < 4.78 is 7.57. The summed E-state index contributed by atoms with van der Waals surface area (Å²) in [4.78, 5) is 20.8. The average molecular weight is 415 g/mol. The Morgan fingerprint density at radius 1 is 0.968 bits per heavy atom. The minimum Gasteiger partial charge on any atom is -0.445 e. The van der Waals surface area contributed by atoms with E-state index in [1.165, 1.54) is 0 Å². The van der Waals surface area contributed by atoms with Gasteiger partial charge in [-0.1, -0.05) is 42.5 Å². The van der Waals surface area contributed by atoms with Gasteiger partial charge in [0.15, 0.2) is 0 Å². The number of ether oxygens (including phenoxy) is 1. The number of rotatable bonds is 6. The fourth-order valence-corrected chi connectivity index (χ4v) is 3.63. The van der Waals surface area contributed by atoms with Crippen LogP contribution in [0.2, 0.25) is 0 Å². The van der Waals surface area contributed by atoms with E-state index in [1.807, 2.05) is 67.1 Å². The monoisotopic (exact) mass is 415 g/mol. The number of nitriles is 1. The molecule has 31 heavy (non-hydrogen) atoms. The Labute approximate surface area is 182 Å². The Balaban J connectivity index is 1.26. The first-order valence-corrected chi connectivity index (χ1v) is 10.4. The fraction of sp³-hybridized carbons (Fsp3) is 0.292. The average Bonchev–Trinajstić information content (AvgIpc) is 3.25. The van der Waals surface area contributed by atoms with Crippen LogP contribution in [0.25, 0.3) is 0 Å². The number of aromatic nitrogens is 2. The van der Waals surface area contributed by atoms with Crippen LogP contribution >= 0.6 is 0 Å². The number of hydrogen-bond acceptors (Lipinski definition) is 5. The van der Waals surface area contributed by atoms with Crippen molar-refractivity contribution >= 4 is 6.09 Å². The number of carbonyl (C=O) groups is 1. The zero-order valence-electron chi connectivity index (χ0n) is 17.4. The SMILES string of the molecule is N#Cc1ccc(Cn2cncc2CN2CCN(C(=O)OCc3ccccc3)CC2)cc1. The molecular weight excluding hydrogens is 390 g/mol. The summed E-state index contributed by atoms with van der Waals surface area (Å²) in [5.41, 5.74) is 3.91. The molecule has 0 bridgehead atoms. The van der Waals surface area contributed by atoms with Gasteiger partial charge in [0.05, 0.1) is 23.7 Å². The molecule has 1 saturated heterocycles. The summed E-state index contributed by atoms with van der Waals surface area (Å²) in [5.74, 6) is 0. The number of piperazine rings is 1. The van der Waals surface area contributed by atoms with Crippen molar-refractivity contribution in [1.82, 2.24) is 19.4 Å². The molecule has 2 heterocycles. The van der Waals surface area contributed by atoms with Crippen molar-refractivity contribution in [2.24, 2.45) is 0 Å². The van der Waals surface area contributed by atoms with Crippen LogP contribution in [-0.4, -0.2) is 51.6 Å². The van der Waals surface area contributed by atoms with Gasteiger partial charge in [0, 0.05) is 45.5 Å². The third-order valence-electron chi connectivity index (χ3n) is 5.46. The molecule has 0 N–H and O–H groups in total. The number of amides is 1. The lowest BCUT2D eigenvalue weighted by molar-refractivity contribution is 0.0695. The second kappa shape index (κ2) is 9.92. The Bertz CT molecular complexity index is 1030. The molecule has 0 spiro atoms. The second-order valence-electron chi connectivity index (χ2n) is 7.62. The van der Waals surface area contributed by atoms with Crippen molar-refractivity contribution in [3.63, 3.8) is 0 Å². The van der Waals surface area contributed by atoms with E-state index in [0.717, 1.165) is 36.5 Å². The third kappa shape index (κ3) is 5.50. The molecule has 7 nitrogen and oxygen atoms in total. The zero-order valence-corrected chi connectivity index (χ0v) is 17.4. The molecule has 4 rings (SSSR count). The molecule has 0 radical (unpaired) electrons. The van der Waals surface area contributed by atoms with Crippen LogP contribution in [0.5, 0.6) is 0 Å². The highest BCUT2D eigenvalue weighted by Gasteiger charge is 2.23. The van der Waals surface area contributed by atoms with Crippen molar-refractivity contribution in [2.75, 3.05) is 26.2 Å². The van der Waals surface area contributed by atoms with Crippen molar-refractivity contribution in [1.29, 1.82) is 5.26 Å². The Morgan fingerprint density at radius 3 is 2.42 bits per heavy atom. The molecule has 2 aromatic carbocycles. The summed E-state index contributed by atoms with van der Waals surface area (Å²) >= 11 is 0. The first kappa shape index (κ1) is 20.6. The lowest BCUT2D eigenvalue weighted by Crippen LogP contribution is -2.48. The van der Waals surface area contributed by atoms with Crippen LogP contribution < -0.4 is 0 Å². The quantitative estimate of drug-likeness (QED) is 0.618. The topological polar surface area (TPSA) is 74.4 Å². The maximum atomic E-state index is 12.3. The van der Waals surface area contributed by atoms with Gasteiger partial charge in [-0.25, -0.2) is 9.78 Å². The molecule has 1 aliphatic rings. The van der Waals surface area contributed by atoms with Crippen LogP contribution in [0.15, 0.2) is 67.1 Å². The van der Waals surface area contributed by atoms with E-state index in [2.05, 4.69) is 20.5 Å². The van der Waals surface area contributed by atoms with Gasteiger partial charge in [-0.15, -0.1) is 0 Å². The molecule has 1 amide bonds. The van der Waals surface area contributed by atoms with Gasteiger partial charge in [-0.05, 0) is 23.3 Å². The summed E-state index contributed by atoms with van der Waals surface area (Å²) in [6, 6.07) is 19.5. The number of hydrogen-bond donors (Lipinski definition) is 0. The summed E-state index contributed by atoms with van der Waals surface area (Å²) in [6.07, 6.45) is 3.48. The van der Waals surface area contributed by atoms with E-state index < -0.39 is 0 Å².